The fourth-order valence-corrected chi connectivity index (χ4v) is 5.55. The van der Waals surface area contributed by atoms with E-state index in [0.29, 0.717) is 35.2 Å². The number of benzene rings is 2. The van der Waals surface area contributed by atoms with Crippen LogP contribution < -0.4 is 14.8 Å². The van der Waals surface area contributed by atoms with Crippen molar-refractivity contribution in [1.29, 1.82) is 0 Å². The smallest absolute Gasteiger partial charge is 0.260 e. The Morgan fingerprint density at radius 3 is 2.58 bits per heavy atom. The van der Waals surface area contributed by atoms with Crippen molar-refractivity contribution < 1.29 is 31.9 Å². The van der Waals surface area contributed by atoms with Crippen LogP contribution in [0, 0.1) is 5.82 Å². The molecule has 3 atom stereocenters. The number of fused-ring (bicyclic) bond motifs is 2. The predicted octanol–water partition coefficient (Wildman–Crippen LogP) is 4.77. The highest BCUT2D eigenvalue weighted by atomic mass is 127. The van der Waals surface area contributed by atoms with Crippen molar-refractivity contribution in [2.24, 2.45) is 0 Å². The summed E-state index contributed by atoms with van der Waals surface area (Å²) >= 11 is 1.73. The van der Waals surface area contributed by atoms with Crippen LogP contribution in [-0.4, -0.2) is 45.5 Å². The van der Waals surface area contributed by atoms with Crippen LogP contribution >= 0.6 is 32.2 Å². The summed E-state index contributed by atoms with van der Waals surface area (Å²) in [6, 6.07) is 10.4. The van der Waals surface area contributed by atoms with Gasteiger partial charge in [0.05, 0.1) is 36.4 Å². The molecule has 38 heavy (non-hydrogen) atoms. The molecule has 0 saturated heterocycles. The highest BCUT2D eigenvalue weighted by molar-refractivity contribution is 14.1. The van der Waals surface area contributed by atoms with Crippen molar-refractivity contribution in [3.05, 3.63) is 53.5 Å². The SMILES string of the molecule is CC1(P)Oc2ccc(C3(C(=O)Nc4cc5cc(C(C)(C)CO)n(C[C@H](CO)OI)c5cc4F)CC3)cc2O1. The Labute approximate surface area is 236 Å². The van der Waals surface area contributed by atoms with E-state index in [4.69, 9.17) is 12.5 Å². The zero-order chi connectivity index (χ0) is 27.5. The molecule has 2 heterocycles. The van der Waals surface area contributed by atoms with Gasteiger partial charge in [-0.25, -0.2) is 4.39 Å². The molecule has 1 fully saturated rings. The summed E-state index contributed by atoms with van der Waals surface area (Å²) in [6.45, 7) is 5.49. The van der Waals surface area contributed by atoms with Crippen LogP contribution in [0.4, 0.5) is 10.1 Å². The number of hydrogen-bond donors (Lipinski definition) is 3. The monoisotopic (exact) mass is 656 g/mol. The second kappa shape index (κ2) is 9.89. The lowest BCUT2D eigenvalue weighted by Crippen LogP contribution is -2.29. The number of aliphatic hydroxyl groups is 2. The maximum atomic E-state index is 15.4. The Balaban J connectivity index is 1.47. The van der Waals surface area contributed by atoms with E-state index < -0.39 is 28.3 Å². The first kappa shape index (κ1) is 27.6. The molecule has 3 N–H and O–H groups in total. The molecule has 1 aliphatic carbocycles. The Bertz CT molecular complexity index is 1400. The van der Waals surface area contributed by atoms with E-state index in [9.17, 15) is 15.0 Å². The number of aromatic nitrogens is 1. The predicted molar refractivity (Wildman–Crippen MR) is 153 cm³/mol. The van der Waals surface area contributed by atoms with Gasteiger partial charge in [-0.1, -0.05) is 19.9 Å². The molecule has 11 heteroatoms. The van der Waals surface area contributed by atoms with Gasteiger partial charge in [-0.05, 0) is 51.9 Å². The van der Waals surface area contributed by atoms with Gasteiger partial charge in [-0.3, -0.25) is 4.79 Å². The largest absolute Gasteiger partial charge is 0.446 e. The van der Waals surface area contributed by atoms with Crippen molar-refractivity contribution in [2.75, 3.05) is 18.5 Å². The Kier molecular flexibility index (Phi) is 7.18. The molecular formula is C27H31FIN2O6P. The second-order valence-electron chi connectivity index (χ2n) is 10.9. The maximum absolute atomic E-state index is 15.4. The molecule has 1 aliphatic heterocycles. The van der Waals surface area contributed by atoms with E-state index >= 15 is 4.39 Å². The summed E-state index contributed by atoms with van der Waals surface area (Å²) in [7, 11) is 2.51. The van der Waals surface area contributed by atoms with Crippen LogP contribution in [0.2, 0.25) is 0 Å². The lowest BCUT2D eigenvalue weighted by molar-refractivity contribution is -0.118. The molecule has 3 aromatic rings. The van der Waals surface area contributed by atoms with E-state index in [0.717, 1.165) is 11.3 Å². The summed E-state index contributed by atoms with van der Waals surface area (Å²) in [5.41, 5.74) is -0.00428. The molecule has 1 amide bonds. The van der Waals surface area contributed by atoms with E-state index in [1.165, 1.54) is 6.07 Å². The number of ether oxygens (including phenoxy) is 2. The topological polar surface area (TPSA) is 102 Å². The molecule has 2 aliphatic rings. The van der Waals surface area contributed by atoms with Crippen LogP contribution in [0.1, 0.15) is 44.9 Å². The molecule has 0 spiro atoms. The third kappa shape index (κ3) is 4.90. The zero-order valence-corrected chi connectivity index (χ0v) is 24.7. The number of aliphatic hydroxyl groups excluding tert-OH is 2. The minimum Gasteiger partial charge on any atom is -0.446 e. The second-order valence-corrected chi connectivity index (χ2v) is 12.4. The molecule has 204 valence electrons. The molecule has 0 bridgehead atoms. The maximum Gasteiger partial charge on any atom is 0.260 e. The summed E-state index contributed by atoms with van der Waals surface area (Å²) in [6.07, 6.45) is 0.775. The van der Waals surface area contributed by atoms with Crippen molar-refractivity contribution in [1.82, 2.24) is 4.57 Å². The van der Waals surface area contributed by atoms with E-state index in [1.54, 1.807) is 42.1 Å². The van der Waals surface area contributed by atoms with Crippen LogP contribution in [0.25, 0.3) is 10.9 Å². The standard InChI is InChI=1S/C27H31FIN2O6P/c1-25(2,14-33)23-9-15-8-19(18(28)11-20(15)31(23)12-17(13-32)37-29)30-24(34)27(6-7-27)16-4-5-21-22(10-16)36-26(3,38)35-21/h4-5,8-11,17,32-33H,6-7,12-14,38H2,1-3H3,(H,30,34)/t17-,26?/m1/s1. The van der Waals surface area contributed by atoms with Gasteiger partial charge in [0.15, 0.2) is 11.5 Å². The van der Waals surface area contributed by atoms with Gasteiger partial charge in [0, 0.05) is 29.5 Å². The number of carbonyl (C=O) groups is 1. The van der Waals surface area contributed by atoms with Crippen LogP contribution in [0.3, 0.4) is 0 Å². The molecule has 2 unspecified atom stereocenters. The first-order valence-electron chi connectivity index (χ1n) is 12.4. The van der Waals surface area contributed by atoms with E-state index in [1.807, 2.05) is 36.6 Å². The Morgan fingerprint density at radius 1 is 1.24 bits per heavy atom. The first-order valence-corrected chi connectivity index (χ1v) is 13.8. The lowest BCUT2D eigenvalue weighted by Gasteiger charge is -2.26. The fourth-order valence-electron chi connectivity index (χ4n) is 4.98. The van der Waals surface area contributed by atoms with Gasteiger partial charge in [-0.2, -0.15) is 0 Å². The lowest BCUT2D eigenvalue weighted by atomic mass is 9.90. The molecular weight excluding hydrogens is 625 g/mol. The molecule has 0 radical (unpaired) electrons. The normalized spacial score (nSPS) is 20.5. The van der Waals surface area contributed by atoms with Crippen molar-refractivity contribution in [2.45, 2.75) is 62.6 Å². The van der Waals surface area contributed by atoms with Crippen LogP contribution in [0.5, 0.6) is 11.5 Å². The number of rotatable bonds is 9. The third-order valence-corrected chi connectivity index (χ3v) is 8.30. The number of carbonyl (C=O) groups excluding carboxylic acids is 1. The van der Waals surface area contributed by atoms with Gasteiger partial charge in [0.25, 0.3) is 5.53 Å². The molecule has 8 nitrogen and oxygen atoms in total. The van der Waals surface area contributed by atoms with Gasteiger partial charge in [0.2, 0.25) is 5.91 Å². The number of amides is 1. The quantitative estimate of drug-likeness (QED) is 0.227. The number of hydrogen-bond acceptors (Lipinski definition) is 6. The molecule has 1 aromatic heterocycles. The first-order chi connectivity index (χ1) is 17.9. The van der Waals surface area contributed by atoms with E-state index in [-0.39, 0.29) is 31.4 Å². The molecule has 2 aromatic carbocycles. The van der Waals surface area contributed by atoms with Gasteiger partial charge >= 0.3 is 0 Å². The highest BCUT2D eigenvalue weighted by Crippen LogP contribution is 2.52. The zero-order valence-electron chi connectivity index (χ0n) is 21.4. The minimum absolute atomic E-state index is 0.0846. The van der Waals surface area contributed by atoms with Crippen molar-refractivity contribution >= 4 is 54.7 Å². The average molecular weight is 656 g/mol. The van der Waals surface area contributed by atoms with Gasteiger partial charge < -0.3 is 32.6 Å². The Morgan fingerprint density at radius 2 is 1.95 bits per heavy atom. The van der Waals surface area contributed by atoms with Crippen molar-refractivity contribution in [3.8, 4) is 11.5 Å². The fraction of sp³-hybridized carbons (Fsp3) is 0.444. The van der Waals surface area contributed by atoms with Crippen LogP contribution in [0.15, 0.2) is 36.4 Å². The van der Waals surface area contributed by atoms with Gasteiger partial charge in [-0.15, -0.1) is 0 Å². The number of nitrogens with one attached hydrogen (secondary N) is 1. The highest BCUT2D eigenvalue weighted by Gasteiger charge is 2.52. The number of nitrogens with zero attached hydrogens (tertiary/aromatic N) is 1. The molecule has 1 saturated carbocycles. The molecule has 5 rings (SSSR count). The van der Waals surface area contributed by atoms with Crippen LogP contribution in [-0.2, 0) is 25.2 Å². The Hall–Kier alpha value is -1.98. The number of halogens is 2. The third-order valence-electron chi connectivity index (χ3n) is 7.35. The van der Waals surface area contributed by atoms with Gasteiger partial charge in [0.1, 0.15) is 34.9 Å². The average Bonchev–Trinajstić information content (AvgIpc) is 3.52. The number of anilines is 1. The van der Waals surface area contributed by atoms with Crippen molar-refractivity contribution in [3.63, 3.8) is 0 Å². The summed E-state index contributed by atoms with van der Waals surface area (Å²) < 4.78 is 34.2. The minimum atomic E-state index is -0.849. The summed E-state index contributed by atoms with van der Waals surface area (Å²) in [5, 5.41) is 23.2. The summed E-state index contributed by atoms with van der Waals surface area (Å²) in [5.74, 6) is 0.331. The summed E-state index contributed by atoms with van der Waals surface area (Å²) in [4.78, 5) is 13.5. The van der Waals surface area contributed by atoms with E-state index in [2.05, 4.69) is 14.6 Å².